The summed E-state index contributed by atoms with van der Waals surface area (Å²) in [5, 5.41) is 11.2. The second-order valence-corrected chi connectivity index (χ2v) is 7.27. The fourth-order valence-electron chi connectivity index (χ4n) is 3.30. The molecule has 31 heavy (non-hydrogen) atoms. The Labute approximate surface area is 180 Å². The Morgan fingerprint density at radius 2 is 1.84 bits per heavy atom. The molecule has 7 nitrogen and oxygen atoms in total. The average molecular weight is 416 g/mol. The number of carbonyl (C=O) groups is 1. The molecule has 0 aliphatic rings. The predicted octanol–water partition coefficient (Wildman–Crippen LogP) is 4.05. The predicted molar refractivity (Wildman–Crippen MR) is 116 cm³/mol. The molecule has 0 radical (unpaired) electrons. The van der Waals surface area contributed by atoms with E-state index < -0.39 is 0 Å². The third kappa shape index (κ3) is 5.01. The summed E-state index contributed by atoms with van der Waals surface area (Å²) in [5.41, 5.74) is 4.52. The van der Waals surface area contributed by atoms with Gasteiger partial charge in [-0.15, -0.1) is 0 Å². The van der Waals surface area contributed by atoms with Crippen molar-refractivity contribution in [3.8, 4) is 5.75 Å². The summed E-state index contributed by atoms with van der Waals surface area (Å²) in [6.07, 6.45) is 3.68. The Hall–Kier alpha value is -3.87. The lowest BCUT2D eigenvalue weighted by molar-refractivity contribution is 0.0951. The molecule has 4 rings (SSSR count). The molecule has 2 aromatic heterocycles. The highest BCUT2D eigenvalue weighted by atomic mass is 16.5. The molecule has 158 valence electrons. The lowest BCUT2D eigenvalue weighted by Gasteiger charge is -2.11. The van der Waals surface area contributed by atoms with Crippen LogP contribution in [0.15, 0.2) is 71.5 Å². The number of ether oxygens (including phenoxy) is 1. The molecule has 2 aromatic carbocycles. The maximum Gasteiger partial charge on any atom is 0.251 e. The van der Waals surface area contributed by atoms with E-state index >= 15 is 0 Å². The Morgan fingerprint density at radius 1 is 1.06 bits per heavy atom. The molecule has 4 aromatic rings. The minimum Gasteiger partial charge on any atom is -0.489 e. The molecular formula is C24H24N4O3. The Kier molecular flexibility index (Phi) is 6.12. The normalized spacial score (nSPS) is 10.8. The first-order chi connectivity index (χ1) is 15.1. The highest BCUT2D eigenvalue weighted by molar-refractivity contribution is 5.94. The van der Waals surface area contributed by atoms with Crippen LogP contribution in [-0.4, -0.2) is 20.8 Å². The van der Waals surface area contributed by atoms with Crippen molar-refractivity contribution in [1.82, 2.24) is 20.3 Å². The molecule has 0 aliphatic heterocycles. The van der Waals surface area contributed by atoms with E-state index in [-0.39, 0.29) is 5.91 Å². The quantitative estimate of drug-likeness (QED) is 0.469. The summed E-state index contributed by atoms with van der Waals surface area (Å²) >= 11 is 0. The topological polar surface area (TPSA) is 82.2 Å². The standard InChI is InChI=1S/C24H24N4O3/c1-17-23(18(2)31-27-17)16-30-22-10-8-19(9-11-22)24(29)25-14-20-6-3-4-7-21(20)15-28-13-5-12-26-28/h3-13H,14-16H2,1-2H3,(H,25,29). The minimum absolute atomic E-state index is 0.133. The van der Waals surface area contributed by atoms with Crippen LogP contribution >= 0.6 is 0 Å². The van der Waals surface area contributed by atoms with Crippen molar-refractivity contribution in [2.45, 2.75) is 33.5 Å². The summed E-state index contributed by atoms with van der Waals surface area (Å²) in [4.78, 5) is 12.6. The van der Waals surface area contributed by atoms with Gasteiger partial charge in [-0.25, -0.2) is 0 Å². The number of benzene rings is 2. The smallest absolute Gasteiger partial charge is 0.251 e. The van der Waals surface area contributed by atoms with E-state index in [2.05, 4.69) is 15.6 Å². The molecule has 1 amide bonds. The van der Waals surface area contributed by atoms with E-state index in [1.165, 1.54) is 0 Å². The van der Waals surface area contributed by atoms with Gasteiger partial charge in [0.05, 0.1) is 17.8 Å². The summed E-state index contributed by atoms with van der Waals surface area (Å²) in [7, 11) is 0. The fourth-order valence-corrected chi connectivity index (χ4v) is 3.30. The SMILES string of the molecule is Cc1noc(C)c1COc1ccc(C(=O)NCc2ccccc2Cn2cccn2)cc1. The van der Waals surface area contributed by atoms with E-state index in [0.29, 0.717) is 31.0 Å². The first kappa shape index (κ1) is 20.4. The largest absolute Gasteiger partial charge is 0.489 e. The second-order valence-electron chi connectivity index (χ2n) is 7.27. The summed E-state index contributed by atoms with van der Waals surface area (Å²) in [5.74, 6) is 1.30. The van der Waals surface area contributed by atoms with Gasteiger partial charge in [0, 0.05) is 24.5 Å². The van der Waals surface area contributed by atoms with Crippen LogP contribution in [-0.2, 0) is 19.7 Å². The lowest BCUT2D eigenvalue weighted by Crippen LogP contribution is -2.23. The van der Waals surface area contributed by atoms with Crippen LogP contribution in [0.3, 0.4) is 0 Å². The molecular weight excluding hydrogens is 392 g/mol. The van der Waals surface area contributed by atoms with E-state index in [4.69, 9.17) is 9.26 Å². The first-order valence-electron chi connectivity index (χ1n) is 10.1. The number of rotatable bonds is 8. The summed E-state index contributed by atoms with van der Waals surface area (Å²) in [6, 6.07) is 17.0. The second kappa shape index (κ2) is 9.30. The van der Waals surface area contributed by atoms with Crippen LogP contribution in [0.1, 0.15) is 38.5 Å². The zero-order chi connectivity index (χ0) is 21.6. The van der Waals surface area contributed by atoms with Gasteiger partial charge in [-0.05, 0) is 55.3 Å². The van der Waals surface area contributed by atoms with Crippen molar-refractivity contribution < 1.29 is 14.1 Å². The number of aromatic nitrogens is 3. The highest BCUT2D eigenvalue weighted by Crippen LogP contribution is 2.18. The van der Waals surface area contributed by atoms with Crippen molar-refractivity contribution in [1.29, 1.82) is 0 Å². The zero-order valence-corrected chi connectivity index (χ0v) is 17.5. The number of aryl methyl sites for hydroxylation is 2. The maximum absolute atomic E-state index is 12.6. The number of hydrogen-bond acceptors (Lipinski definition) is 5. The third-order valence-corrected chi connectivity index (χ3v) is 5.13. The van der Waals surface area contributed by atoms with Gasteiger partial charge in [0.2, 0.25) is 0 Å². The monoisotopic (exact) mass is 416 g/mol. The number of hydrogen-bond donors (Lipinski definition) is 1. The molecule has 0 fully saturated rings. The Balaban J connectivity index is 1.34. The lowest BCUT2D eigenvalue weighted by atomic mass is 10.1. The molecule has 7 heteroatoms. The van der Waals surface area contributed by atoms with Crippen molar-refractivity contribution in [3.05, 3.63) is 101 Å². The van der Waals surface area contributed by atoms with Gasteiger partial charge in [0.1, 0.15) is 18.1 Å². The molecule has 0 atom stereocenters. The Morgan fingerprint density at radius 3 is 2.52 bits per heavy atom. The van der Waals surface area contributed by atoms with Crippen LogP contribution in [0.5, 0.6) is 5.75 Å². The van der Waals surface area contributed by atoms with Crippen LogP contribution in [0.4, 0.5) is 0 Å². The maximum atomic E-state index is 12.6. The van der Waals surface area contributed by atoms with Gasteiger partial charge in [-0.1, -0.05) is 29.4 Å². The van der Waals surface area contributed by atoms with Gasteiger partial charge >= 0.3 is 0 Å². The number of nitrogens with one attached hydrogen (secondary N) is 1. The third-order valence-electron chi connectivity index (χ3n) is 5.13. The van der Waals surface area contributed by atoms with Crippen molar-refractivity contribution in [2.24, 2.45) is 0 Å². The highest BCUT2D eigenvalue weighted by Gasteiger charge is 2.11. The van der Waals surface area contributed by atoms with Gasteiger partial charge in [0.25, 0.3) is 5.91 Å². The summed E-state index contributed by atoms with van der Waals surface area (Å²) < 4.78 is 12.8. The van der Waals surface area contributed by atoms with Crippen LogP contribution in [0.2, 0.25) is 0 Å². The average Bonchev–Trinajstić information content (AvgIpc) is 3.41. The first-order valence-corrected chi connectivity index (χ1v) is 10.1. The van der Waals surface area contributed by atoms with Crippen molar-refractivity contribution in [3.63, 3.8) is 0 Å². The van der Waals surface area contributed by atoms with Gasteiger partial charge in [0.15, 0.2) is 0 Å². The van der Waals surface area contributed by atoms with E-state index in [1.807, 2.05) is 55.1 Å². The molecule has 0 unspecified atom stereocenters. The molecule has 1 N–H and O–H groups in total. The van der Waals surface area contributed by atoms with E-state index in [9.17, 15) is 4.79 Å². The molecule has 0 spiro atoms. The van der Waals surface area contributed by atoms with Crippen LogP contribution in [0, 0.1) is 13.8 Å². The van der Waals surface area contributed by atoms with Gasteiger partial charge in [-0.3, -0.25) is 9.48 Å². The van der Waals surface area contributed by atoms with Crippen molar-refractivity contribution in [2.75, 3.05) is 0 Å². The van der Waals surface area contributed by atoms with Crippen molar-refractivity contribution >= 4 is 5.91 Å². The zero-order valence-electron chi connectivity index (χ0n) is 17.5. The molecule has 0 aliphatic carbocycles. The number of amides is 1. The van der Waals surface area contributed by atoms with Gasteiger partial charge in [-0.2, -0.15) is 5.10 Å². The number of nitrogens with zero attached hydrogens (tertiary/aromatic N) is 3. The molecule has 0 bridgehead atoms. The number of carbonyl (C=O) groups excluding carboxylic acids is 1. The molecule has 2 heterocycles. The fraction of sp³-hybridized carbons (Fsp3) is 0.208. The van der Waals surface area contributed by atoms with Crippen LogP contribution in [0.25, 0.3) is 0 Å². The minimum atomic E-state index is -0.133. The van der Waals surface area contributed by atoms with Crippen LogP contribution < -0.4 is 10.1 Å². The Bertz CT molecular complexity index is 1130. The van der Waals surface area contributed by atoms with E-state index in [1.54, 1.807) is 30.5 Å². The van der Waals surface area contributed by atoms with Gasteiger partial charge < -0.3 is 14.6 Å². The van der Waals surface area contributed by atoms with E-state index in [0.717, 1.165) is 28.1 Å². The summed E-state index contributed by atoms with van der Waals surface area (Å²) in [6.45, 7) is 5.23. The molecule has 0 saturated heterocycles. The molecule has 0 saturated carbocycles.